The van der Waals surface area contributed by atoms with Crippen molar-refractivity contribution in [3.05, 3.63) is 68.7 Å². The summed E-state index contributed by atoms with van der Waals surface area (Å²) in [6, 6.07) is 10.7. The van der Waals surface area contributed by atoms with Gasteiger partial charge < -0.3 is 10.2 Å². The number of carbonyl (C=O) groups is 2. The van der Waals surface area contributed by atoms with E-state index in [9.17, 15) is 9.59 Å². The topological polar surface area (TPSA) is 49.4 Å². The second kappa shape index (κ2) is 11.5. The predicted octanol–water partition coefficient (Wildman–Crippen LogP) is 5.87. The number of rotatable bonds is 9. The van der Waals surface area contributed by atoms with E-state index in [-0.39, 0.29) is 30.8 Å². The Morgan fingerprint density at radius 1 is 1.00 bits per heavy atom. The first-order valence-electron chi connectivity index (χ1n) is 10.8. The fraction of sp³-hybridized carbons (Fsp3) is 0.440. The van der Waals surface area contributed by atoms with Crippen LogP contribution in [-0.4, -0.2) is 28.8 Å². The van der Waals surface area contributed by atoms with Gasteiger partial charge >= 0.3 is 0 Å². The molecule has 31 heavy (non-hydrogen) atoms. The van der Waals surface area contributed by atoms with Crippen molar-refractivity contribution in [1.29, 1.82) is 0 Å². The van der Waals surface area contributed by atoms with Crippen molar-refractivity contribution in [2.75, 3.05) is 0 Å². The number of nitrogens with one attached hydrogen (secondary N) is 1. The van der Waals surface area contributed by atoms with Gasteiger partial charge in [0.15, 0.2) is 0 Å². The molecule has 2 unspecified atom stereocenters. The molecular formula is C25H32Cl2N2O2. The third kappa shape index (κ3) is 6.72. The Hall–Kier alpha value is -2.04. The summed E-state index contributed by atoms with van der Waals surface area (Å²) in [5.74, 6) is -0.293. The summed E-state index contributed by atoms with van der Waals surface area (Å²) in [5.41, 5.74) is 3.87. The van der Waals surface area contributed by atoms with Crippen molar-refractivity contribution in [3.8, 4) is 0 Å². The van der Waals surface area contributed by atoms with Crippen LogP contribution in [0.4, 0.5) is 0 Å². The molecule has 0 saturated carbocycles. The first-order valence-corrected chi connectivity index (χ1v) is 11.5. The number of carbonyl (C=O) groups excluding carboxylic acids is 2. The van der Waals surface area contributed by atoms with Crippen LogP contribution in [0.3, 0.4) is 0 Å². The minimum Gasteiger partial charge on any atom is -0.352 e. The van der Waals surface area contributed by atoms with Crippen LogP contribution >= 0.6 is 23.2 Å². The largest absolute Gasteiger partial charge is 0.352 e. The van der Waals surface area contributed by atoms with E-state index in [0.717, 1.165) is 17.5 Å². The summed E-state index contributed by atoms with van der Waals surface area (Å²) in [6.07, 6.45) is 1.51. The molecule has 6 heteroatoms. The SMILES string of the molecule is CCC(C)NC(=O)C(CC)N(Cc1c(Cl)cccc1Cl)C(=O)Cc1ccc(C)c(C)c1. The van der Waals surface area contributed by atoms with Crippen LogP contribution in [0.15, 0.2) is 36.4 Å². The molecule has 2 amide bonds. The van der Waals surface area contributed by atoms with Crippen molar-refractivity contribution in [3.63, 3.8) is 0 Å². The first kappa shape index (κ1) is 25.2. The summed E-state index contributed by atoms with van der Waals surface area (Å²) in [5, 5.41) is 3.97. The third-order valence-corrected chi connectivity index (χ3v) is 6.41. The molecule has 168 valence electrons. The standard InChI is InChI=1S/C25H32Cl2N2O2/c1-6-18(5)28-25(31)23(7-2)29(15-20-21(26)9-8-10-22(20)27)24(30)14-19-12-11-16(3)17(4)13-19/h8-13,18,23H,6-7,14-15H2,1-5H3,(H,28,31). The maximum absolute atomic E-state index is 13.5. The lowest BCUT2D eigenvalue weighted by atomic mass is 10.0. The van der Waals surface area contributed by atoms with Crippen molar-refractivity contribution in [2.24, 2.45) is 0 Å². The van der Waals surface area contributed by atoms with Crippen LogP contribution < -0.4 is 5.32 Å². The van der Waals surface area contributed by atoms with Gasteiger partial charge in [-0.3, -0.25) is 9.59 Å². The Bertz CT molecular complexity index is 909. The number of hydrogen-bond donors (Lipinski definition) is 1. The Kier molecular flexibility index (Phi) is 9.39. The zero-order chi connectivity index (χ0) is 23.1. The number of aryl methyl sites for hydroxylation is 2. The second-order valence-corrected chi connectivity index (χ2v) is 8.87. The van der Waals surface area contributed by atoms with E-state index in [1.165, 1.54) is 5.56 Å². The van der Waals surface area contributed by atoms with Crippen LogP contribution in [0.1, 0.15) is 55.9 Å². The molecule has 0 aliphatic heterocycles. The molecule has 0 spiro atoms. The minimum absolute atomic E-state index is 0.0298. The zero-order valence-corrected chi connectivity index (χ0v) is 20.5. The van der Waals surface area contributed by atoms with Gasteiger partial charge in [0.05, 0.1) is 6.42 Å². The van der Waals surface area contributed by atoms with E-state index in [2.05, 4.69) is 5.32 Å². The van der Waals surface area contributed by atoms with Crippen molar-refractivity contribution < 1.29 is 9.59 Å². The van der Waals surface area contributed by atoms with Crippen molar-refractivity contribution >= 4 is 35.0 Å². The lowest BCUT2D eigenvalue weighted by molar-refractivity contribution is -0.141. The lowest BCUT2D eigenvalue weighted by Crippen LogP contribution is -2.51. The van der Waals surface area contributed by atoms with Crippen LogP contribution in [0.25, 0.3) is 0 Å². The fourth-order valence-electron chi connectivity index (χ4n) is 3.40. The van der Waals surface area contributed by atoms with Gasteiger partial charge in [0.25, 0.3) is 0 Å². The van der Waals surface area contributed by atoms with Gasteiger partial charge in [-0.05, 0) is 62.4 Å². The van der Waals surface area contributed by atoms with E-state index < -0.39 is 6.04 Å². The highest BCUT2D eigenvalue weighted by Gasteiger charge is 2.30. The molecule has 0 fully saturated rings. The lowest BCUT2D eigenvalue weighted by Gasteiger charge is -2.32. The van der Waals surface area contributed by atoms with Crippen LogP contribution in [0.2, 0.25) is 10.0 Å². The van der Waals surface area contributed by atoms with Gasteiger partial charge in [-0.1, -0.05) is 61.3 Å². The molecule has 1 N–H and O–H groups in total. The second-order valence-electron chi connectivity index (χ2n) is 8.06. The number of nitrogens with zero attached hydrogens (tertiary/aromatic N) is 1. The molecule has 0 bridgehead atoms. The van der Waals surface area contributed by atoms with Crippen LogP contribution in [-0.2, 0) is 22.6 Å². The first-order chi connectivity index (χ1) is 14.7. The van der Waals surface area contributed by atoms with Gasteiger partial charge in [-0.2, -0.15) is 0 Å². The molecule has 2 aromatic carbocycles. The van der Waals surface area contributed by atoms with Crippen LogP contribution in [0.5, 0.6) is 0 Å². The van der Waals surface area contributed by atoms with Crippen molar-refractivity contribution in [1.82, 2.24) is 10.2 Å². The molecule has 0 aliphatic carbocycles. The molecule has 0 aliphatic rings. The van der Waals surface area contributed by atoms with Gasteiger partial charge in [-0.15, -0.1) is 0 Å². The molecule has 4 nitrogen and oxygen atoms in total. The van der Waals surface area contributed by atoms with Crippen molar-refractivity contribution in [2.45, 2.75) is 72.5 Å². The summed E-state index contributed by atoms with van der Waals surface area (Å²) in [4.78, 5) is 28.1. The molecular weight excluding hydrogens is 431 g/mol. The monoisotopic (exact) mass is 462 g/mol. The van der Waals surface area contributed by atoms with Crippen LogP contribution in [0, 0.1) is 13.8 Å². The van der Waals surface area contributed by atoms with E-state index in [4.69, 9.17) is 23.2 Å². The summed E-state index contributed by atoms with van der Waals surface area (Å²) < 4.78 is 0. The van der Waals surface area contributed by atoms with E-state index in [0.29, 0.717) is 22.0 Å². The summed E-state index contributed by atoms with van der Waals surface area (Å²) in [6.45, 7) is 10.1. The molecule has 0 radical (unpaired) electrons. The molecule has 0 heterocycles. The van der Waals surface area contributed by atoms with Gasteiger partial charge in [0, 0.05) is 28.2 Å². The number of halogens is 2. The quantitative estimate of drug-likeness (QED) is 0.505. The molecule has 0 saturated heterocycles. The average Bonchev–Trinajstić information content (AvgIpc) is 2.72. The fourth-order valence-corrected chi connectivity index (χ4v) is 3.92. The molecule has 2 rings (SSSR count). The predicted molar refractivity (Wildman–Crippen MR) is 129 cm³/mol. The highest BCUT2D eigenvalue weighted by molar-refractivity contribution is 6.36. The smallest absolute Gasteiger partial charge is 0.243 e. The van der Waals surface area contributed by atoms with Gasteiger partial charge in [-0.25, -0.2) is 0 Å². The molecule has 0 aromatic heterocycles. The normalized spacial score (nSPS) is 12.9. The highest BCUT2D eigenvalue weighted by Crippen LogP contribution is 2.27. The van der Waals surface area contributed by atoms with E-state index in [1.807, 2.05) is 52.8 Å². The summed E-state index contributed by atoms with van der Waals surface area (Å²) >= 11 is 12.8. The zero-order valence-electron chi connectivity index (χ0n) is 19.0. The number of benzene rings is 2. The Balaban J connectivity index is 2.38. The molecule has 2 aromatic rings. The maximum Gasteiger partial charge on any atom is 0.243 e. The molecule has 2 atom stereocenters. The van der Waals surface area contributed by atoms with E-state index >= 15 is 0 Å². The van der Waals surface area contributed by atoms with E-state index in [1.54, 1.807) is 23.1 Å². The Morgan fingerprint density at radius 3 is 2.19 bits per heavy atom. The Morgan fingerprint density at radius 2 is 1.65 bits per heavy atom. The van der Waals surface area contributed by atoms with Gasteiger partial charge in [0.1, 0.15) is 6.04 Å². The van der Waals surface area contributed by atoms with Gasteiger partial charge in [0.2, 0.25) is 11.8 Å². The maximum atomic E-state index is 13.5. The number of amides is 2. The summed E-state index contributed by atoms with van der Waals surface area (Å²) in [7, 11) is 0. The minimum atomic E-state index is -0.611. The average molecular weight is 463 g/mol. The highest BCUT2D eigenvalue weighted by atomic mass is 35.5. The third-order valence-electron chi connectivity index (χ3n) is 5.70. The Labute approximate surface area is 195 Å². The number of hydrogen-bond acceptors (Lipinski definition) is 2.